The average Bonchev–Trinajstić information content (AvgIpc) is 2.77. The zero-order valence-corrected chi connectivity index (χ0v) is 8.88. The van der Waals surface area contributed by atoms with Crippen molar-refractivity contribution in [3.63, 3.8) is 0 Å². The van der Waals surface area contributed by atoms with Gasteiger partial charge in [0.1, 0.15) is 0 Å². The van der Waals surface area contributed by atoms with Crippen LogP contribution < -0.4 is 5.32 Å². The largest absolute Gasteiger partial charge is 0.377 e. The van der Waals surface area contributed by atoms with E-state index >= 15 is 0 Å². The summed E-state index contributed by atoms with van der Waals surface area (Å²) in [6.45, 7) is 2.72. The summed E-state index contributed by atoms with van der Waals surface area (Å²) < 4.78 is 5.63. The van der Waals surface area contributed by atoms with Crippen molar-refractivity contribution in [1.29, 1.82) is 0 Å². The molecule has 1 N–H and O–H groups in total. The Morgan fingerprint density at radius 2 is 2.43 bits per heavy atom. The van der Waals surface area contributed by atoms with Crippen LogP contribution in [0, 0.1) is 6.92 Å². The molecule has 0 aliphatic heterocycles. The van der Waals surface area contributed by atoms with Gasteiger partial charge in [0.2, 0.25) is 0 Å². The Balaban J connectivity index is 2.02. The van der Waals surface area contributed by atoms with E-state index in [0.29, 0.717) is 6.54 Å². The number of aromatic nitrogens is 4. The highest BCUT2D eigenvalue weighted by Crippen LogP contribution is 2.13. The van der Waals surface area contributed by atoms with E-state index in [0.717, 1.165) is 17.1 Å². The summed E-state index contributed by atoms with van der Waals surface area (Å²) in [5.41, 5.74) is 3.12. The Morgan fingerprint density at radius 3 is 3.00 bits per heavy atom. The first-order valence-electron chi connectivity index (χ1n) is 4.26. The van der Waals surface area contributed by atoms with E-state index in [1.54, 1.807) is 0 Å². The molecule has 0 aliphatic carbocycles. The van der Waals surface area contributed by atoms with Crippen molar-refractivity contribution >= 4 is 17.2 Å². The highest BCUT2D eigenvalue weighted by Gasteiger charge is 2.03. The maximum atomic E-state index is 4.14. The minimum Gasteiger partial charge on any atom is -0.377 e. The van der Waals surface area contributed by atoms with Gasteiger partial charge >= 0.3 is 0 Å². The van der Waals surface area contributed by atoms with Gasteiger partial charge in [0.25, 0.3) is 0 Å². The Hall–Kier alpha value is -1.43. The zero-order valence-electron chi connectivity index (χ0n) is 8.06. The lowest BCUT2D eigenvalue weighted by Crippen LogP contribution is -2.01. The fourth-order valence-corrected chi connectivity index (χ4v) is 1.57. The molecule has 0 saturated heterocycles. The predicted molar refractivity (Wildman–Crippen MR) is 55.2 cm³/mol. The number of nitrogens with one attached hydrogen (secondary N) is 1. The second-order valence-corrected chi connectivity index (χ2v) is 3.63. The number of hydrogen-bond acceptors (Lipinski definition) is 5. The Labute approximate surface area is 85.9 Å². The van der Waals surface area contributed by atoms with Gasteiger partial charge in [-0.2, -0.15) is 5.10 Å². The van der Waals surface area contributed by atoms with Crippen LogP contribution in [0.3, 0.4) is 0 Å². The molecule has 0 spiro atoms. The first-order chi connectivity index (χ1) is 6.77. The second kappa shape index (κ2) is 3.75. The van der Waals surface area contributed by atoms with Crippen LogP contribution >= 0.6 is 11.5 Å². The number of aryl methyl sites for hydroxylation is 1. The predicted octanol–water partition coefficient (Wildman–Crippen LogP) is 1.19. The highest BCUT2D eigenvalue weighted by atomic mass is 32.1. The quantitative estimate of drug-likeness (QED) is 0.825. The van der Waals surface area contributed by atoms with Gasteiger partial charge < -0.3 is 5.32 Å². The Bertz CT molecular complexity index is 405. The molecule has 0 unspecified atom stereocenters. The normalized spacial score (nSPS) is 10.4. The summed E-state index contributed by atoms with van der Waals surface area (Å²) in [7, 11) is 1.92. The van der Waals surface area contributed by atoms with E-state index < -0.39 is 0 Å². The van der Waals surface area contributed by atoms with Gasteiger partial charge in [-0.05, 0) is 18.5 Å². The maximum absolute atomic E-state index is 4.14. The van der Waals surface area contributed by atoms with Gasteiger partial charge in [-0.15, -0.1) is 5.10 Å². The fourth-order valence-electron chi connectivity index (χ4n) is 1.12. The van der Waals surface area contributed by atoms with Crippen LogP contribution in [0.2, 0.25) is 0 Å². The molecule has 2 aromatic heterocycles. The van der Waals surface area contributed by atoms with Gasteiger partial charge in [-0.25, -0.2) is 0 Å². The van der Waals surface area contributed by atoms with Gasteiger partial charge in [0.05, 0.1) is 29.8 Å². The molecular weight excluding hydrogens is 198 g/mol. The lowest BCUT2D eigenvalue weighted by molar-refractivity contribution is 0.740. The van der Waals surface area contributed by atoms with E-state index in [4.69, 9.17) is 0 Å². The Morgan fingerprint density at radius 1 is 1.57 bits per heavy atom. The minimum absolute atomic E-state index is 0.697. The topological polar surface area (TPSA) is 55.6 Å². The molecule has 2 aromatic rings. The summed E-state index contributed by atoms with van der Waals surface area (Å²) in [5, 5.41) is 13.3. The molecular formula is C8H11N5S. The van der Waals surface area contributed by atoms with E-state index in [1.165, 1.54) is 11.5 Å². The number of nitrogens with zero attached hydrogens (tertiary/aromatic N) is 4. The monoisotopic (exact) mass is 209 g/mol. The molecule has 0 radical (unpaired) electrons. The van der Waals surface area contributed by atoms with E-state index in [9.17, 15) is 0 Å². The molecule has 5 nitrogen and oxygen atoms in total. The first kappa shape index (κ1) is 9.14. The third-order valence-electron chi connectivity index (χ3n) is 2.10. The highest BCUT2D eigenvalue weighted by molar-refractivity contribution is 7.03. The first-order valence-corrected chi connectivity index (χ1v) is 5.09. The molecule has 14 heavy (non-hydrogen) atoms. The third kappa shape index (κ3) is 1.74. The molecule has 2 rings (SSSR count). The molecule has 74 valence electrons. The molecule has 6 heteroatoms. The molecule has 0 atom stereocenters. The summed E-state index contributed by atoms with van der Waals surface area (Å²) in [6.07, 6.45) is 1.81. The van der Waals surface area contributed by atoms with Gasteiger partial charge in [-0.3, -0.25) is 4.68 Å². The maximum Gasteiger partial charge on any atom is 0.0946 e. The summed E-state index contributed by atoms with van der Waals surface area (Å²) in [6, 6.07) is 0. The standard InChI is InChI=1S/C8H11N5S/c1-6-8(4-10-13(6)2)9-3-7-5-14-12-11-7/h4-5,9H,3H2,1-2H3. The van der Waals surface area contributed by atoms with E-state index in [-0.39, 0.29) is 0 Å². The smallest absolute Gasteiger partial charge is 0.0946 e. The molecule has 0 saturated carbocycles. The summed E-state index contributed by atoms with van der Waals surface area (Å²) in [4.78, 5) is 0. The molecule has 2 heterocycles. The van der Waals surface area contributed by atoms with Crippen molar-refractivity contribution in [2.75, 3.05) is 5.32 Å². The van der Waals surface area contributed by atoms with E-state index in [1.807, 2.05) is 30.2 Å². The van der Waals surface area contributed by atoms with Gasteiger partial charge in [0, 0.05) is 12.4 Å². The van der Waals surface area contributed by atoms with Crippen LogP contribution in [0.4, 0.5) is 5.69 Å². The van der Waals surface area contributed by atoms with Gasteiger partial charge in [-0.1, -0.05) is 4.49 Å². The van der Waals surface area contributed by atoms with Crippen molar-refractivity contribution < 1.29 is 0 Å². The Kier molecular flexibility index (Phi) is 2.45. The van der Waals surface area contributed by atoms with Crippen LogP contribution in [0.1, 0.15) is 11.4 Å². The minimum atomic E-state index is 0.697. The van der Waals surface area contributed by atoms with Crippen molar-refractivity contribution in [3.8, 4) is 0 Å². The lowest BCUT2D eigenvalue weighted by Gasteiger charge is -2.02. The summed E-state index contributed by atoms with van der Waals surface area (Å²) in [5.74, 6) is 0. The van der Waals surface area contributed by atoms with Crippen molar-refractivity contribution in [3.05, 3.63) is 23.0 Å². The second-order valence-electron chi connectivity index (χ2n) is 3.02. The van der Waals surface area contributed by atoms with Crippen LogP contribution in [0.25, 0.3) is 0 Å². The number of anilines is 1. The van der Waals surface area contributed by atoms with E-state index in [2.05, 4.69) is 20.0 Å². The lowest BCUT2D eigenvalue weighted by atomic mass is 10.4. The molecule has 0 fully saturated rings. The van der Waals surface area contributed by atoms with Crippen molar-refractivity contribution in [2.45, 2.75) is 13.5 Å². The molecule has 0 amide bonds. The number of hydrogen-bond donors (Lipinski definition) is 1. The molecule has 0 bridgehead atoms. The van der Waals surface area contributed by atoms with Crippen LogP contribution in [0.15, 0.2) is 11.6 Å². The molecule has 0 aromatic carbocycles. The number of rotatable bonds is 3. The van der Waals surface area contributed by atoms with Gasteiger partial charge in [0.15, 0.2) is 0 Å². The average molecular weight is 209 g/mol. The fraction of sp³-hybridized carbons (Fsp3) is 0.375. The summed E-state index contributed by atoms with van der Waals surface area (Å²) >= 11 is 1.36. The van der Waals surface area contributed by atoms with Crippen molar-refractivity contribution in [1.82, 2.24) is 19.4 Å². The SMILES string of the molecule is Cc1c(NCc2csnn2)cnn1C. The van der Waals surface area contributed by atoms with Crippen molar-refractivity contribution in [2.24, 2.45) is 7.05 Å². The molecule has 0 aliphatic rings. The third-order valence-corrected chi connectivity index (χ3v) is 2.65. The zero-order chi connectivity index (χ0) is 9.97. The van der Waals surface area contributed by atoms with Crippen LogP contribution in [0.5, 0.6) is 0 Å². The van der Waals surface area contributed by atoms with Crippen LogP contribution in [-0.4, -0.2) is 19.4 Å². The van der Waals surface area contributed by atoms with Crippen LogP contribution in [-0.2, 0) is 13.6 Å².